The normalized spacial score (nSPS) is 11.5. The molecule has 0 bridgehead atoms. The largest absolute Gasteiger partial charge is 0.486 e. The Kier molecular flexibility index (Phi) is 10.5. The van der Waals surface area contributed by atoms with Gasteiger partial charge in [0.2, 0.25) is 5.71 Å². The summed E-state index contributed by atoms with van der Waals surface area (Å²) in [5.41, 5.74) is 10.1. The zero-order valence-corrected chi connectivity index (χ0v) is 33.8. The van der Waals surface area contributed by atoms with Crippen molar-refractivity contribution in [1.82, 2.24) is 19.5 Å². The van der Waals surface area contributed by atoms with Gasteiger partial charge in [-0.3, -0.25) is 4.98 Å². The van der Waals surface area contributed by atoms with E-state index in [0.717, 1.165) is 62.3 Å². The van der Waals surface area contributed by atoms with Crippen LogP contribution in [0.25, 0.3) is 55.7 Å². The molecule has 0 fully saturated rings. The Bertz CT molecular complexity index is 2390. The van der Waals surface area contributed by atoms with Crippen molar-refractivity contribution in [2.45, 2.75) is 50.5 Å². The summed E-state index contributed by atoms with van der Waals surface area (Å²) in [6, 6.07) is 43.7. The fourth-order valence-electron chi connectivity index (χ4n) is 6.35. The maximum atomic E-state index is 6.22. The zero-order valence-electron chi connectivity index (χ0n) is 29.3. The molecule has 50 heavy (non-hydrogen) atoms. The van der Waals surface area contributed by atoms with Gasteiger partial charge < -0.3 is 8.98 Å². The molecular formula is C43H40GeIrN4O-2. The van der Waals surface area contributed by atoms with Crippen molar-refractivity contribution in [1.29, 1.82) is 0 Å². The van der Waals surface area contributed by atoms with Crippen molar-refractivity contribution in [3.05, 3.63) is 144 Å². The number of rotatable bonds is 6. The molecule has 8 aromatic rings. The Balaban J connectivity index is 0.000000188. The van der Waals surface area contributed by atoms with Crippen LogP contribution >= 0.6 is 0 Å². The number of hydrogen-bond acceptors (Lipinski definition) is 4. The van der Waals surface area contributed by atoms with Crippen LogP contribution < -0.4 is 4.40 Å². The Hall–Kier alpha value is -4.36. The molecule has 0 aliphatic carbocycles. The van der Waals surface area contributed by atoms with Crippen molar-refractivity contribution < 1.29 is 24.5 Å². The van der Waals surface area contributed by atoms with E-state index in [9.17, 15) is 0 Å². The van der Waals surface area contributed by atoms with E-state index >= 15 is 0 Å². The summed E-state index contributed by atoms with van der Waals surface area (Å²) in [6.45, 7) is 7.23. The molecule has 8 rings (SSSR count). The van der Waals surface area contributed by atoms with Gasteiger partial charge in [-0.2, -0.15) is 0 Å². The van der Waals surface area contributed by atoms with Crippen molar-refractivity contribution in [3.63, 3.8) is 0 Å². The molecule has 0 aliphatic heterocycles. The predicted octanol–water partition coefficient (Wildman–Crippen LogP) is 10.4. The number of fused-ring (bicyclic) bond motifs is 4. The summed E-state index contributed by atoms with van der Waals surface area (Å²) in [5, 5.41) is 2.04. The number of imidazole rings is 1. The number of benzene rings is 4. The minimum absolute atomic E-state index is 0. The smallest absolute Gasteiger partial charge is 0.216 e. The molecule has 0 unspecified atom stereocenters. The first-order valence-electron chi connectivity index (χ1n) is 16.8. The Morgan fingerprint density at radius 1 is 0.800 bits per heavy atom. The van der Waals surface area contributed by atoms with Crippen molar-refractivity contribution in [2.75, 3.05) is 0 Å². The van der Waals surface area contributed by atoms with Gasteiger partial charge in [-0.05, 0) is 36.8 Å². The topological polar surface area (TPSA) is 56.7 Å². The summed E-state index contributed by atoms with van der Waals surface area (Å²) in [5.74, 6) is 8.68. The minimum atomic E-state index is -1.85. The molecule has 0 amide bonds. The molecule has 4 aromatic carbocycles. The second kappa shape index (κ2) is 14.9. The third-order valence-corrected chi connectivity index (χ3v) is 13.1. The van der Waals surface area contributed by atoms with Gasteiger partial charge in [0.1, 0.15) is 0 Å². The van der Waals surface area contributed by atoms with Gasteiger partial charge in [0.25, 0.3) is 0 Å². The number of aromatic nitrogens is 4. The van der Waals surface area contributed by atoms with Gasteiger partial charge in [-0.1, -0.05) is 53.4 Å². The van der Waals surface area contributed by atoms with Crippen LogP contribution in [-0.2, 0) is 26.7 Å². The van der Waals surface area contributed by atoms with Gasteiger partial charge in [-0.25, -0.2) is 4.98 Å². The summed E-state index contributed by atoms with van der Waals surface area (Å²) in [7, 11) is 0. The third kappa shape index (κ3) is 7.25. The van der Waals surface area contributed by atoms with E-state index in [1.54, 1.807) is 0 Å². The second-order valence-corrected chi connectivity index (χ2v) is 24.4. The van der Waals surface area contributed by atoms with E-state index in [2.05, 4.69) is 113 Å². The number of furan rings is 1. The van der Waals surface area contributed by atoms with Gasteiger partial charge in [-0.15, -0.1) is 18.2 Å². The number of aryl methyl sites for hydroxylation is 1. The van der Waals surface area contributed by atoms with Crippen LogP contribution in [0.5, 0.6) is 0 Å². The van der Waals surface area contributed by atoms with Crippen LogP contribution in [0.4, 0.5) is 0 Å². The Morgan fingerprint density at radius 3 is 2.30 bits per heavy atom. The molecule has 5 nitrogen and oxygen atoms in total. The average Bonchev–Trinajstić information content (AvgIpc) is 3.66. The fourth-order valence-corrected chi connectivity index (χ4v) is 9.87. The van der Waals surface area contributed by atoms with E-state index in [1.807, 2.05) is 67.6 Å². The van der Waals surface area contributed by atoms with Crippen LogP contribution in [0.1, 0.15) is 36.6 Å². The van der Waals surface area contributed by atoms with Gasteiger partial charge in [0, 0.05) is 37.7 Å². The Labute approximate surface area is 310 Å². The summed E-state index contributed by atoms with van der Waals surface area (Å²) in [6.07, 6.45) is 2.12. The van der Waals surface area contributed by atoms with Gasteiger partial charge in [0.15, 0.2) is 0 Å². The summed E-state index contributed by atoms with van der Waals surface area (Å²) >= 11 is -1.85. The fraction of sp³-hybridized carbons (Fsp3) is 0.186. The van der Waals surface area contributed by atoms with Gasteiger partial charge in [0.05, 0.1) is 22.4 Å². The maximum absolute atomic E-state index is 6.22. The second-order valence-electron chi connectivity index (χ2n) is 13.8. The number of hydrogen-bond donors (Lipinski definition) is 0. The van der Waals surface area contributed by atoms with E-state index < -0.39 is 13.3 Å². The van der Waals surface area contributed by atoms with E-state index in [1.165, 1.54) is 15.5 Å². The van der Waals surface area contributed by atoms with Crippen LogP contribution in [0.15, 0.2) is 120 Å². The summed E-state index contributed by atoms with van der Waals surface area (Å²) in [4.78, 5) is 14.2. The van der Waals surface area contributed by atoms with Crippen LogP contribution in [0.2, 0.25) is 17.3 Å². The first-order chi connectivity index (χ1) is 23.7. The molecule has 0 atom stereocenters. The third-order valence-electron chi connectivity index (χ3n) is 8.85. The molecule has 0 spiro atoms. The first-order valence-corrected chi connectivity index (χ1v) is 24.2. The van der Waals surface area contributed by atoms with E-state index in [4.69, 9.17) is 9.40 Å². The maximum Gasteiger partial charge on any atom is 0.216 e. The number of pyridine rings is 2. The van der Waals surface area contributed by atoms with Crippen molar-refractivity contribution >= 4 is 50.8 Å². The molecule has 0 aliphatic rings. The minimum Gasteiger partial charge on any atom is -0.486 e. The predicted molar refractivity (Wildman–Crippen MR) is 205 cm³/mol. The quantitative estimate of drug-likeness (QED) is 0.123. The monoisotopic (exact) mass is 895 g/mol. The van der Waals surface area contributed by atoms with Crippen LogP contribution in [0.3, 0.4) is 0 Å². The van der Waals surface area contributed by atoms with Crippen LogP contribution in [-0.4, -0.2) is 32.8 Å². The molecule has 0 saturated carbocycles. The van der Waals surface area contributed by atoms with Crippen LogP contribution in [0, 0.1) is 19.1 Å². The number of nitrogens with zero attached hydrogens (tertiary/aromatic N) is 4. The SMILES string of the molecule is CC(C)c1cc(-c2[c-]cccc2)nc[c]1[Ge]([CH3])([CH3])[CH3].Cc1ccc2c(n1)oc1c(-c3nc4ccccc4n3Cc3ccccc3)[c-]ccc12.[Ir]. The molecule has 0 saturated heterocycles. The molecule has 0 N–H and O–H groups in total. The van der Waals surface area contributed by atoms with Gasteiger partial charge >= 0.3 is 119 Å². The molecule has 4 heterocycles. The van der Waals surface area contributed by atoms with Crippen molar-refractivity contribution in [2.24, 2.45) is 0 Å². The molecule has 7 heteroatoms. The average molecular weight is 894 g/mol. The Morgan fingerprint density at radius 2 is 1.56 bits per heavy atom. The molecule has 253 valence electrons. The number of para-hydroxylation sites is 2. The molecular weight excluding hydrogens is 853 g/mol. The van der Waals surface area contributed by atoms with Crippen molar-refractivity contribution in [3.8, 4) is 22.6 Å². The molecule has 4 aromatic heterocycles. The zero-order chi connectivity index (χ0) is 34.1. The summed E-state index contributed by atoms with van der Waals surface area (Å²) < 4.78 is 9.99. The first kappa shape index (κ1) is 35.5. The van der Waals surface area contributed by atoms with E-state index in [-0.39, 0.29) is 20.1 Å². The van der Waals surface area contributed by atoms with E-state index in [0.29, 0.717) is 11.6 Å². The standard InChI is InChI=1S/C26H18N3O.C17H22GeN.Ir/c1-17-14-15-20-19-10-7-11-21(24(19)30-26(20)27-17)25-28-22-12-5-6-13-23(22)29(25)16-18-8-3-2-4-9-18;1-13(2)15-11-17(14-9-7-6-8-10-14)19-12-16(15)18(3,4)5;/h2-10,12-15H,16H2,1H3;6-9,11-13H,1-5H3;/q2*-1;. The molecule has 1 radical (unpaired) electrons.